The molecule has 0 aliphatic carbocycles. The van der Waals surface area contributed by atoms with Crippen LogP contribution in [0.15, 0.2) is 18.5 Å². The number of hydrogen-bond donors (Lipinski definition) is 1. The SMILES string of the molecule is CCCNC(Cc1ncnn1CC)c1cc(C)nc(C)c1. The Bertz CT molecular complexity index is 556. The third-order valence-corrected chi connectivity index (χ3v) is 3.53. The van der Waals surface area contributed by atoms with Crippen LogP contribution in [0.1, 0.15) is 49.1 Å². The van der Waals surface area contributed by atoms with E-state index < -0.39 is 0 Å². The molecule has 0 saturated carbocycles. The molecule has 1 atom stereocenters. The highest BCUT2D eigenvalue weighted by Gasteiger charge is 2.16. The molecule has 2 heterocycles. The van der Waals surface area contributed by atoms with Crippen LogP contribution in [0, 0.1) is 13.8 Å². The van der Waals surface area contributed by atoms with Gasteiger partial charge in [-0.2, -0.15) is 5.10 Å². The number of pyridine rings is 1. The van der Waals surface area contributed by atoms with Gasteiger partial charge in [-0.05, 0) is 51.4 Å². The topological polar surface area (TPSA) is 55.6 Å². The van der Waals surface area contributed by atoms with Gasteiger partial charge in [0, 0.05) is 30.4 Å². The van der Waals surface area contributed by atoms with E-state index in [-0.39, 0.29) is 6.04 Å². The number of hydrogen-bond acceptors (Lipinski definition) is 4. The Hall–Kier alpha value is -1.75. The van der Waals surface area contributed by atoms with Crippen LogP contribution >= 0.6 is 0 Å². The monoisotopic (exact) mass is 287 g/mol. The van der Waals surface area contributed by atoms with E-state index in [1.807, 2.05) is 18.5 Å². The van der Waals surface area contributed by atoms with Gasteiger partial charge in [0.1, 0.15) is 12.2 Å². The average Bonchev–Trinajstić information content (AvgIpc) is 2.89. The number of aryl methyl sites for hydroxylation is 3. The minimum Gasteiger partial charge on any atom is -0.310 e. The van der Waals surface area contributed by atoms with Crippen molar-refractivity contribution in [3.8, 4) is 0 Å². The van der Waals surface area contributed by atoms with E-state index in [0.717, 1.165) is 43.1 Å². The van der Waals surface area contributed by atoms with Crippen LogP contribution in [0.3, 0.4) is 0 Å². The van der Waals surface area contributed by atoms with Crippen molar-refractivity contribution in [1.82, 2.24) is 25.1 Å². The van der Waals surface area contributed by atoms with Crippen LogP contribution in [0.4, 0.5) is 0 Å². The fraction of sp³-hybridized carbons (Fsp3) is 0.562. The largest absolute Gasteiger partial charge is 0.310 e. The van der Waals surface area contributed by atoms with Gasteiger partial charge < -0.3 is 5.32 Å². The van der Waals surface area contributed by atoms with Crippen molar-refractivity contribution < 1.29 is 0 Å². The molecule has 1 N–H and O–H groups in total. The van der Waals surface area contributed by atoms with Crippen molar-refractivity contribution in [2.45, 2.75) is 53.1 Å². The summed E-state index contributed by atoms with van der Waals surface area (Å²) in [5, 5.41) is 7.88. The predicted octanol–water partition coefficient (Wildman–Crippen LogP) is 2.59. The maximum absolute atomic E-state index is 4.47. The van der Waals surface area contributed by atoms with Crippen LogP contribution in [0.25, 0.3) is 0 Å². The summed E-state index contributed by atoms with van der Waals surface area (Å²) in [6.07, 6.45) is 3.59. The number of nitrogens with zero attached hydrogens (tertiary/aromatic N) is 4. The molecule has 2 aromatic heterocycles. The molecule has 5 heteroatoms. The van der Waals surface area contributed by atoms with Crippen LogP contribution in [-0.4, -0.2) is 26.3 Å². The molecule has 0 saturated heterocycles. The zero-order chi connectivity index (χ0) is 15.2. The van der Waals surface area contributed by atoms with Crippen molar-refractivity contribution in [3.05, 3.63) is 41.2 Å². The molecule has 2 aromatic rings. The van der Waals surface area contributed by atoms with Gasteiger partial charge in [0.2, 0.25) is 0 Å². The minimum absolute atomic E-state index is 0.250. The first-order valence-electron chi connectivity index (χ1n) is 7.69. The third-order valence-electron chi connectivity index (χ3n) is 3.53. The molecular weight excluding hydrogens is 262 g/mol. The van der Waals surface area contributed by atoms with Gasteiger partial charge in [0.05, 0.1) is 0 Å². The molecule has 1 unspecified atom stereocenters. The second-order valence-electron chi connectivity index (χ2n) is 5.39. The van der Waals surface area contributed by atoms with Gasteiger partial charge in [-0.15, -0.1) is 0 Å². The Labute approximate surface area is 126 Å². The van der Waals surface area contributed by atoms with Crippen molar-refractivity contribution in [2.24, 2.45) is 0 Å². The summed E-state index contributed by atoms with van der Waals surface area (Å²) in [5.41, 5.74) is 3.40. The highest BCUT2D eigenvalue weighted by atomic mass is 15.3. The van der Waals surface area contributed by atoms with Crippen molar-refractivity contribution in [3.63, 3.8) is 0 Å². The molecule has 0 radical (unpaired) electrons. The first-order valence-corrected chi connectivity index (χ1v) is 7.69. The van der Waals surface area contributed by atoms with Crippen LogP contribution in [-0.2, 0) is 13.0 Å². The second-order valence-corrected chi connectivity index (χ2v) is 5.39. The van der Waals surface area contributed by atoms with E-state index in [2.05, 4.69) is 46.4 Å². The van der Waals surface area contributed by atoms with Gasteiger partial charge in [0.25, 0.3) is 0 Å². The lowest BCUT2D eigenvalue weighted by molar-refractivity contribution is 0.496. The number of nitrogens with one attached hydrogen (secondary N) is 1. The highest BCUT2D eigenvalue weighted by Crippen LogP contribution is 2.19. The second kappa shape index (κ2) is 7.31. The Morgan fingerprint density at radius 3 is 2.52 bits per heavy atom. The molecule has 0 bridgehead atoms. The first-order chi connectivity index (χ1) is 10.1. The van der Waals surface area contributed by atoms with E-state index in [1.54, 1.807) is 6.33 Å². The molecule has 0 aliphatic heterocycles. The Kier molecular flexibility index (Phi) is 5.44. The van der Waals surface area contributed by atoms with Crippen LogP contribution < -0.4 is 5.32 Å². The summed E-state index contributed by atoms with van der Waals surface area (Å²) in [5.74, 6) is 1.03. The zero-order valence-electron chi connectivity index (χ0n) is 13.4. The molecule has 114 valence electrons. The molecule has 0 aromatic carbocycles. The molecule has 0 aliphatic rings. The quantitative estimate of drug-likeness (QED) is 0.850. The molecule has 0 spiro atoms. The summed E-state index contributed by atoms with van der Waals surface area (Å²) in [6.45, 7) is 10.2. The fourth-order valence-corrected chi connectivity index (χ4v) is 2.59. The van der Waals surface area contributed by atoms with Gasteiger partial charge in [-0.3, -0.25) is 9.67 Å². The van der Waals surface area contributed by atoms with Crippen molar-refractivity contribution in [1.29, 1.82) is 0 Å². The Balaban J connectivity index is 2.25. The highest BCUT2D eigenvalue weighted by molar-refractivity contribution is 5.24. The molecule has 5 nitrogen and oxygen atoms in total. The molecule has 2 rings (SSSR count). The lowest BCUT2D eigenvalue weighted by Gasteiger charge is -2.19. The van der Waals surface area contributed by atoms with E-state index in [1.165, 1.54) is 5.56 Å². The van der Waals surface area contributed by atoms with Crippen LogP contribution in [0.2, 0.25) is 0 Å². The summed E-state index contributed by atoms with van der Waals surface area (Å²) < 4.78 is 1.96. The molecule has 0 amide bonds. The van der Waals surface area contributed by atoms with Crippen molar-refractivity contribution in [2.75, 3.05) is 6.54 Å². The minimum atomic E-state index is 0.250. The molecule has 0 fully saturated rings. The van der Waals surface area contributed by atoms with E-state index >= 15 is 0 Å². The maximum Gasteiger partial charge on any atom is 0.138 e. The van der Waals surface area contributed by atoms with Gasteiger partial charge in [-0.1, -0.05) is 6.92 Å². The third kappa shape index (κ3) is 4.11. The van der Waals surface area contributed by atoms with E-state index in [9.17, 15) is 0 Å². The normalized spacial score (nSPS) is 12.6. The maximum atomic E-state index is 4.47. The lowest BCUT2D eigenvalue weighted by Crippen LogP contribution is -2.25. The van der Waals surface area contributed by atoms with Gasteiger partial charge in [0.15, 0.2) is 0 Å². The van der Waals surface area contributed by atoms with Gasteiger partial charge >= 0.3 is 0 Å². The average molecular weight is 287 g/mol. The standard InChI is InChI=1S/C16H25N5/c1-5-7-17-15(10-16-18-11-19-21(16)6-2)14-8-12(3)20-13(4)9-14/h8-9,11,15,17H,5-7,10H2,1-4H3. The predicted molar refractivity (Wildman–Crippen MR) is 84.1 cm³/mol. The fourth-order valence-electron chi connectivity index (χ4n) is 2.59. The summed E-state index contributed by atoms with van der Waals surface area (Å²) in [4.78, 5) is 8.87. The first kappa shape index (κ1) is 15.6. The van der Waals surface area contributed by atoms with Crippen molar-refractivity contribution >= 4 is 0 Å². The van der Waals surface area contributed by atoms with Gasteiger partial charge in [-0.25, -0.2) is 4.98 Å². The van der Waals surface area contributed by atoms with E-state index in [4.69, 9.17) is 0 Å². The number of rotatable bonds is 7. The smallest absolute Gasteiger partial charge is 0.138 e. The Morgan fingerprint density at radius 1 is 1.19 bits per heavy atom. The molecule has 21 heavy (non-hydrogen) atoms. The molecular formula is C16H25N5. The summed E-state index contributed by atoms with van der Waals surface area (Å²) in [6, 6.07) is 4.57. The summed E-state index contributed by atoms with van der Waals surface area (Å²) in [7, 11) is 0. The number of aromatic nitrogens is 4. The summed E-state index contributed by atoms with van der Waals surface area (Å²) >= 11 is 0. The zero-order valence-corrected chi connectivity index (χ0v) is 13.4. The Morgan fingerprint density at radius 2 is 1.90 bits per heavy atom. The van der Waals surface area contributed by atoms with Crippen LogP contribution in [0.5, 0.6) is 0 Å². The lowest BCUT2D eigenvalue weighted by atomic mass is 10.0. The van der Waals surface area contributed by atoms with E-state index in [0.29, 0.717) is 0 Å².